The fraction of sp³-hybridized carbons (Fsp3) is 0.261. The van der Waals surface area contributed by atoms with Gasteiger partial charge in [0.1, 0.15) is 17.2 Å². The Labute approximate surface area is 177 Å². The average molecular weight is 418 g/mol. The molecule has 0 saturated carbocycles. The number of aromatic nitrogens is 4. The van der Waals surface area contributed by atoms with E-state index >= 15 is 0 Å². The summed E-state index contributed by atoms with van der Waals surface area (Å²) in [6, 6.07) is 12.5. The van der Waals surface area contributed by atoms with E-state index < -0.39 is 11.6 Å². The number of pyridine rings is 2. The fourth-order valence-corrected chi connectivity index (χ4v) is 4.69. The van der Waals surface area contributed by atoms with Gasteiger partial charge in [-0.25, -0.2) is 18.7 Å². The highest BCUT2D eigenvalue weighted by Gasteiger charge is 2.34. The molecule has 1 aromatic carbocycles. The van der Waals surface area contributed by atoms with Crippen molar-refractivity contribution >= 4 is 17.0 Å². The highest BCUT2D eigenvalue weighted by molar-refractivity contribution is 5.81. The van der Waals surface area contributed by atoms with E-state index in [1.165, 1.54) is 18.6 Å². The Balaban J connectivity index is 1.57. The van der Waals surface area contributed by atoms with Crippen LogP contribution in [0.15, 0.2) is 54.9 Å². The standard InChI is InChI=1S/C23H20F2N6/c24-18-3-1-2-17(21(18)25)22-28-19-6-7-20(30-13-14-4-5-16(30)12-27-14)29-23(19)31(22)15-8-10-26-11-9-15/h1-3,6-11,14,16,27H,4-5,12-13H2/t14-,16-/m1/s1. The van der Waals surface area contributed by atoms with Crippen LogP contribution >= 0.6 is 0 Å². The van der Waals surface area contributed by atoms with Crippen LogP contribution in [0.2, 0.25) is 0 Å². The highest BCUT2D eigenvalue weighted by atomic mass is 19.2. The second kappa shape index (κ2) is 7.09. The van der Waals surface area contributed by atoms with Crippen LogP contribution in [-0.4, -0.2) is 44.7 Å². The SMILES string of the molecule is Fc1cccc(-c2nc3ccc(N4C[C@H]5CC[C@@H]4CN5)nc3n2-c2ccncc2)c1F. The maximum atomic E-state index is 14.7. The van der Waals surface area contributed by atoms with E-state index in [2.05, 4.69) is 20.2 Å². The number of piperazine rings is 1. The van der Waals surface area contributed by atoms with Crippen LogP contribution in [0, 0.1) is 11.6 Å². The van der Waals surface area contributed by atoms with Gasteiger partial charge in [0.2, 0.25) is 0 Å². The number of hydrogen-bond donors (Lipinski definition) is 1. The molecule has 3 aliphatic rings. The molecule has 0 aliphatic carbocycles. The van der Waals surface area contributed by atoms with Gasteiger partial charge in [-0.2, -0.15) is 0 Å². The second-order valence-electron chi connectivity index (χ2n) is 8.08. The summed E-state index contributed by atoms with van der Waals surface area (Å²) in [6.07, 6.45) is 5.64. The van der Waals surface area contributed by atoms with Crippen LogP contribution in [0.4, 0.5) is 14.6 Å². The lowest BCUT2D eigenvalue weighted by Crippen LogP contribution is -2.61. The molecular formula is C23H20F2N6. The van der Waals surface area contributed by atoms with Crippen LogP contribution in [0.1, 0.15) is 12.8 Å². The van der Waals surface area contributed by atoms with Crippen LogP contribution in [-0.2, 0) is 0 Å². The van der Waals surface area contributed by atoms with E-state index in [9.17, 15) is 8.78 Å². The molecule has 8 heteroatoms. The molecule has 3 aromatic heterocycles. The third-order valence-corrected chi connectivity index (χ3v) is 6.25. The quantitative estimate of drug-likeness (QED) is 0.550. The van der Waals surface area contributed by atoms with Gasteiger partial charge < -0.3 is 10.2 Å². The third-order valence-electron chi connectivity index (χ3n) is 6.25. The molecule has 0 spiro atoms. The fourth-order valence-electron chi connectivity index (χ4n) is 4.69. The van der Waals surface area contributed by atoms with Crippen molar-refractivity contribution in [2.24, 2.45) is 0 Å². The van der Waals surface area contributed by atoms with Gasteiger partial charge in [0.25, 0.3) is 0 Å². The molecule has 2 bridgehead atoms. The number of nitrogens with zero attached hydrogens (tertiary/aromatic N) is 5. The molecule has 156 valence electrons. The van der Waals surface area contributed by atoms with Gasteiger partial charge in [0.05, 0.1) is 11.3 Å². The van der Waals surface area contributed by atoms with Crippen LogP contribution in [0.5, 0.6) is 0 Å². The third kappa shape index (κ3) is 2.97. The minimum Gasteiger partial charge on any atom is -0.351 e. The van der Waals surface area contributed by atoms with Crippen LogP contribution < -0.4 is 10.2 Å². The summed E-state index contributed by atoms with van der Waals surface area (Å²) in [4.78, 5) is 16.0. The molecule has 3 saturated heterocycles. The Morgan fingerprint density at radius 3 is 2.58 bits per heavy atom. The molecule has 31 heavy (non-hydrogen) atoms. The van der Waals surface area contributed by atoms with Crippen molar-refractivity contribution in [2.75, 3.05) is 18.0 Å². The van der Waals surface area contributed by atoms with Crippen molar-refractivity contribution < 1.29 is 8.78 Å². The molecule has 1 N–H and O–H groups in total. The molecular weight excluding hydrogens is 398 g/mol. The van der Waals surface area contributed by atoms with E-state index in [4.69, 9.17) is 4.98 Å². The number of rotatable bonds is 3. The summed E-state index contributed by atoms with van der Waals surface area (Å²) in [6.45, 7) is 1.87. The summed E-state index contributed by atoms with van der Waals surface area (Å²) >= 11 is 0. The molecule has 7 rings (SSSR count). The Kier molecular flexibility index (Phi) is 4.21. The Morgan fingerprint density at radius 1 is 0.968 bits per heavy atom. The van der Waals surface area contributed by atoms with Crippen LogP contribution in [0.3, 0.4) is 0 Å². The number of halogens is 2. The molecule has 3 fully saturated rings. The maximum Gasteiger partial charge on any atom is 0.169 e. The smallest absolute Gasteiger partial charge is 0.169 e. The van der Waals surface area contributed by atoms with Gasteiger partial charge in [-0.3, -0.25) is 9.55 Å². The molecule has 6 heterocycles. The molecule has 0 unspecified atom stereocenters. The summed E-state index contributed by atoms with van der Waals surface area (Å²) in [7, 11) is 0. The van der Waals surface area contributed by atoms with Gasteiger partial charge in [0, 0.05) is 37.6 Å². The number of piperidine rings is 2. The topological polar surface area (TPSA) is 58.9 Å². The largest absolute Gasteiger partial charge is 0.351 e. The Morgan fingerprint density at radius 2 is 1.84 bits per heavy atom. The molecule has 3 aliphatic heterocycles. The lowest BCUT2D eigenvalue weighted by Gasteiger charge is -2.46. The summed E-state index contributed by atoms with van der Waals surface area (Å²) in [5, 5.41) is 3.56. The van der Waals surface area contributed by atoms with E-state index in [1.54, 1.807) is 17.0 Å². The highest BCUT2D eigenvalue weighted by Crippen LogP contribution is 2.33. The lowest BCUT2D eigenvalue weighted by atomic mass is 9.93. The molecule has 6 nitrogen and oxygen atoms in total. The normalized spacial score (nSPS) is 20.5. The van der Waals surface area contributed by atoms with Crippen molar-refractivity contribution in [3.63, 3.8) is 0 Å². The minimum atomic E-state index is -0.923. The van der Waals surface area contributed by atoms with Gasteiger partial charge in [-0.1, -0.05) is 6.07 Å². The first-order chi connectivity index (χ1) is 15.2. The average Bonchev–Trinajstić information content (AvgIpc) is 3.20. The molecule has 0 radical (unpaired) electrons. The first-order valence-electron chi connectivity index (χ1n) is 10.4. The van der Waals surface area contributed by atoms with Crippen molar-refractivity contribution in [1.29, 1.82) is 0 Å². The second-order valence-corrected chi connectivity index (χ2v) is 8.08. The van der Waals surface area contributed by atoms with Crippen molar-refractivity contribution in [3.8, 4) is 17.1 Å². The summed E-state index contributed by atoms with van der Waals surface area (Å²) < 4.78 is 30.5. The number of fused-ring (bicyclic) bond motifs is 4. The molecule has 0 amide bonds. The first-order valence-corrected chi connectivity index (χ1v) is 10.4. The van der Waals surface area contributed by atoms with Gasteiger partial charge in [0.15, 0.2) is 17.3 Å². The van der Waals surface area contributed by atoms with Crippen molar-refractivity contribution in [3.05, 3.63) is 66.5 Å². The lowest BCUT2D eigenvalue weighted by molar-refractivity contribution is 0.289. The summed E-state index contributed by atoms with van der Waals surface area (Å²) in [5.41, 5.74) is 2.07. The molecule has 2 atom stereocenters. The van der Waals surface area contributed by atoms with Crippen molar-refractivity contribution in [2.45, 2.75) is 24.9 Å². The van der Waals surface area contributed by atoms with Crippen molar-refractivity contribution in [1.82, 2.24) is 24.8 Å². The number of nitrogens with one attached hydrogen (secondary N) is 1. The van der Waals surface area contributed by atoms with E-state index in [1.807, 2.05) is 24.3 Å². The van der Waals surface area contributed by atoms with E-state index in [0.717, 1.165) is 37.1 Å². The number of imidazole rings is 1. The zero-order valence-corrected chi connectivity index (χ0v) is 16.7. The zero-order chi connectivity index (χ0) is 20.9. The molecule has 4 aromatic rings. The number of anilines is 1. The van der Waals surface area contributed by atoms with Gasteiger partial charge in [-0.05, 0) is 49.2 Å². The van der Waals surface area contributed by atoms with Crippen LogP contribution in [0.25, 0.3) is 28.2 Å². The Hall–Kier alpha value is -3.39. The van der Waals surface area contributed by atoms with Gasteiger partial charge >= 0.3 is 0 Å². The Bertz CT molecular complexity index is 1260. The van der Waals surface area contributed by atoms with Gasteiger partial charge in [-0.15, -0.1) is 0 Å². The number of benzene rings is 1. The van der Waals surface area contributed by atoms with E-state index in [0.29, 0.717) is 29.1 Å². The predicted molar refractivity (Wildman–Crippen MR) is 114 cm³/mol. The zero-order valence-electron chi connectivity index (χ0n) is 16.7. The van der Waals surface area contributed by atoms with E-state index in [-0.39, 0.29) is 5.56 Å². The monoisotopic (exact) mass is 418 g/mol. The maximum absolute atomic E-state index is 14.7. The minimum absolute atomic E-state index is 0.0950. The summed E-state index contributed by atoms with van der Waals surface area (Å²) in [5.74, 6) is -0.640. The first kappa shape index (κ1) is 18.4. The predicted octanol–water partition coefficient (Wildman–Crippen LogP) is 3.70. The number of hydrogen-bond acceptors (Lipinski definition) is 5.